The normalized spacial score (nSPS) is 12.3. The van der Waals surface area contributed by atoms with Gasteiger partial charge in [-0.05, 0) is 55.2 Å². The summed E-state index contributed by atoms with van der Waals surface area (Å²) in [7, 11) is -3.97. The van der Waals surface area contributed by atoms with E-state index >= 15 is 0 Å². The van der Waals surface area contributed by atoms with Crippen molar-refractivity contribution in [3.63, 3.8) is 0 Å². The number of hydrogen-bond acceptors (Lipinski definition) is 3. The first-order valence-corrected chi connectivity index (χ1v) is 11.8. The standard InChI is InChI=1S/C24H25ClN2O3S/c1-16-9-12-22(17(2)13-16)27-31(29,30)23-14-20(10-11-21(23)25)24(28)26-15-18(3)19-7-5-4-6-8-19/h4-14,18,27H,15H2,1-3H3,(H,26,28). The van der Waals surface area contributed by atoms with Gasteiger partial charge in [0.25, 0.3) is 15.9 Å². The SMILES string of the molecule is Cc1ccc(NS(=O)(=O)c2cc(C(=O)NCC(C)c3ccccc3)ccc2Cl)c(C)c1. The fraction of sp³-hybridized carbons (Fsp3) is 0.208. The maximum absolute atomic E-state index is 13.0. The molecule has 5 nitrogen and oxygen atoms in total. The highest BCUT2D eigenvalue weighted by Crippen LogP contribution is 2.27. The number of halogens is 1. The molecule has 0 fully saturated rings. The van der Waals surface area contributed by atoms with Gasteiger partial charge in [0.2, 0.25) is 0 Å². The van der Waals surface area contributed by atoms with E-state index in [0.717, 1.165) is 16.7 Å². The monoisotopic (exact) mass is 456 g/mol. The van der Waals surface area contributed by atoms with E-state index in [-0.39, 0.29) is 27.3 Å². The summed E-state index contributed by atoms with van der Waals surface area (Å²) in [5.74, 6) is -0.241. The van der Waals surface area contributed by atoms with Crippen LogP contribution < -0.4 is 10.0 Å². The Morgan fingerprint density at radius 3 is 2.39 bits per heavy atom. The van der Waals surface area contributed by atoms with Gasteiger partial charge in [-0.2, -0.15) is 0 Å². The van der Waals surface area contributed by atoms with Crippen molar-refractivity contribution in [3.8, 4) is 0 Å². The van der Waals surface area contributed by atoms with Crippen LogP contribution in [-0.2, 0) is 10.0 Å². The average Bonchev–Trinajstić information content (AvgIpc) is 2.74. The Morgan fingerprint density at radius 1 is 1.00 bits per heavy atom. The van der Waals surface area contributed by atoms with E-state index in [1.807, 2.05) is 63.2 Å². The highest BCUT2D eigenvalue weighted by Gasteiger charge is 2.21. The van der Waals surface area contributed by atoms with Crippen molar-refractivity contribution in [3.05, 3.63) is 94.0 Å². The third-order valence-electron chi connectivity index (χ3n) is 5.05. The third-order valence-corrected chi connectivity index (χ3v) is 6.89. The van der Waals surface area contributed by atoms with E-state index in [9.17, 15) is 13.2 Å². The Hall–Kier alpha value is -2.83. The predicted octanol–water partition coefficient (Wildman–Crippen LogP) is 5.29. The van der Waals surface area contributed by atoms with Crippen molar-refractivity contribution in [1.82, 2.24) is 5.32 Å². The summed E-state index contributed by atoms with van der Waals surface area (Å²) in [6.45, 7) is 6.20. The minimum absolute atomic E-state index is 0.0477. The summed E-state index contributed by atoms with van der Waals surface area (Å²) in [6, 6.07) is 19.5. The molecule has 0 radical (unpaired) electrons. The zero-order valence-electron chi connectivity index (χ0n) is 17.6. The number of amides is 1. The van der Waals surface area contributed by atoms with Crippen LogP contribution in [0.5, 0.6) is 0 Å². The van der Waals surface area contributed by atoms with Crippen LogP contribution in [0.3, 0.4) is 0 Å². The van der Waals surface area contributed by atoms with Crippen LogP contribution in [0.25, 0.3) is 0 Å². The zero-order chi connectivity index (χ0) is 22.6. The van der Waals surface area contributed by atoms with Crippen molar-refractivity contribution in [2.24, 2.45) is 0 Å². The Balaban J connectivity index is 1.78. The number of benzene rings is 3. The van der Waals surface area contributed by atoms with Gasteiger partial charge in [0.1, 0.15) is 4.90 Å². The minimum Gasteiger partial charge on any atom is -0.351 e. The number of carbonyl (C=O) groups is 1. The molecule has 162 valence electrons. The topological polar surface area (TPSA) is 75.3 Å². The Morgan fingerprint density at radius 2 is 1.71 bits per heavy atom. The van der Waals surface area contributed by atoms with Crippen molar-refractivity contribution in [2.45, 2.75) is 31.6 Å². The molecule has 0 bridgehead atoms. The maximum atomic E-state index is 13.0. The summed E-state index contributed by atoms with van der Waals surface area (Å²) in [5.41, 5.74) is 3.63. The highest BCUT2D eigenvalue weighted by molar-refractivity contribution is 7.92. The van der Waals surface area contributed by atoms with Gasteiger partial charge in [-0.3, -0.25) is 9.52 Å². The van der Waals surface area contributed by atoms with Gasteiger partial charge in [-0.15, -0.1) is 0 Å². The lowest BCUT2D eigenvalue weighted by Crippen LogP contribution is -2.27. The Labute approximate surface area is 188 Å². The Kier molecular flexibility index (Phi) is 7.03. The summed E-state index contributed by atoms with van der Waals surface area (Å²) >= 11 is 6.17. The summed E-state index contributed by atoms with van der Waals surface area (Å²) in [4.78, 5) is 12.5. The predicted molar refractivity (Wildman–Crippen MR) is 125 cm³/mol. The summed E-state index contributed by atoms with van der Waals surface area (Å²) < 4.78 is 28.5. The molecule has 0 aliphatic heterocycles. The quantitative estimate of drug-likeness (QED) is 0.507. The van der Waals surface area contributed by atoms with Gasteiger partial charge in [0, 0.05) is 12.1 Å². The molecule has 0 aliphatic carbocycles. The van der Waals surface area contributed by atoms with E-state index in [1.54, 1.807) is 6.07 Å². The second-order valence-electron chi connectivity index (χ2n) is 7.59. The van der Waals surface area contributed by atoms with Crippen molar-refractivity contribution in [2.75, 3.05) is 11.3 Å². The molecule has 31 heavy (non-hydrogen) atoms. The second-order valence-corrected chi connectivity index (χ2v) is 9.65. The third kappa shape index (κ3) is 5.66. The number of sulfonamides is 1. The van der Waals surface area contributed by atoms with Crippen LogP contribution in [0.2, 0.25) is 5.02 Å². The first-order chi connectivity index (χ1) is 14.7. The summed E-state index contributed by atoms with van der Waals surface area (Å²) in [6.07, 6.45) is 0. The molecular weight excluding hydrogens is 432 g/mol. The molecule has 3 aromatic carbocycles. The van der Waals surface area contributed by atoms with Gasteiger partial charge in [-0.25, -0.2) is 8.42 Å². The molecule has 0 aromatic heterocycles. The lowest BCUT2D eigenvalue weighted by atomic mass is 10.0. The summed E-state index contributed by atoms with van der Waals surface area (Å²) in [5, 5.41) is 2.91. The van der Waals surface area contributed by atoms with E-state index in [0.29, 0.717) is 12.2 Å². The Bertz CT molecular complexity index is 1190. The largest absolute Gasteiger partial charge is 0.351 e. The molecule has 1 amide bonds. The molecule has 0 spiro atoms. The van der Waals surface area contributed by atoms with Crippen LogP contribution in [0.4, 0.5) is 5.69 Å². The lowest BCUT2D eigenvalue weighted by Gasteiger charge is -2.15. The maximum Gasteiger partial charge on any atom is 0.263 e. The van der Waals surface area contributed by atoms with E-state index < -0.39 is 10.0 Å². The number of hydrogen-bond donors (Lipinski definition) is 2. The van der Waals surface area contributed by atoms with Crippen LogP contribution >= 0.6 is 11.6 Å². The lowest BCUT2D eigenvalue weighted by molar-refractivity contribution is 0.0951. The van der Waals surface area contributed by atoms with Gasteiger partial charge in [0.05, 0.1) is 10.7 Å². The molecule has 1 atom stereocenters. The van der Waals surface area contributed by atoms with Crippen LogP contribution in [0.1, 0.15) is 39.9 Å². The second kappa shape index (κ2) is 9.54. The molecule has 7 heteroatoms. The van der Waals surface area contributed by atoms with E-state index in [2.05, 4.69) is 10.0 Å². The number of rotatable bonds is 7. The first kappa shape index (κ1) is 22.8. The minimum atomic E-state index is -3.97. The number of nitrogens with one attached hydrogen (secondary N) is 2. The van der Waals surface area contributed by atoms with Crippen LogP contribution in [0, 0.1) is 13.8 Å². The first-order valence-electron chi connectivity index (χ1n) is 9.90. The molecule has 3 aromatic rings. The van der Waals surface area contributed by atoms with Crippen molar-refractivity contribution in [1.29, 1.82) is 0 Å². The molecule has 0 saturated carbocycles. The van der Waals surface area contributed by atoms with Crippen LogP contribution in [-0.4, -0.2) is 20.9 Å². The van der Waals surface area contributed by atoms with Crippen molar-refractivity contribution < 1.29 is 13.2 Å². The zero-order valence-corrected chi connectivity index (χ0v) is 19.2. The molecule has 0 heterocycles. The number of aryl methyl sites for hydroxylation is 2. The van der Waals surface area contributed by atoms with Crippen molar-refractivity contribution >= 4 is 33.2 Å². The average molecular weight is 457 g/mol. The molecule has 1 unspecified atom stereocenters. The molecule has 2 N–H and O–H groups in total. The van der Waals surface area contributed by atoms with E-state index in [4.69, 9.17) is 11.6 Å². The van der Waals surface area contributed by atoms with E-state index in [1.165, 1.54) is 18.2 Å². The highest BCUT2D eigenvalue weighted by atomic mass is 35.5. The fourth-order valence-corrected chi connectivity index (χ4v) is 4.88. The molecule has 0 aliphatic rings. The molecule has 0 saturated heterocycles. The number of anilines is 1. The fourth-order valence-electron chi connectivity index (χ4n) is 3.23. The van der Waals surface area contributed by atoms with Gasteiger partial charge < -0.3 is 5.32 Å². The van der Waals surface area contributed by atoms with Gasteiger partial charge in [0.15, 0.2) is 0 Å². The van der Waals surface area contributed by atoms with Gasteiger partial charge in [-0.1, -0.05) is 66.6 Å². The van der Waals surface area contributed by atoms with Gasteiger partial charge >= 0.3 is 0 Å². The number of carbonyl (C=O) groups excluding carboxylic acids is 1. The molecular formula is C24H25ClN2O3S. The smallest absolute Gasteiger partial charge is 0.263 e. The molecule has 3 rings (SSSR count). The van der Waals surface area contributed by atoms with Crippen LogP contribution in [0.15, 0.2) is 71.6 Å².